The molecular formula is C21H25NO6S. The molecule has 0 fully saturated rings. The van der Waals surface area contributed by atoms with Crippen LogP contribution in [0.15, 0.2) is 35.7 Å². The minimum Gasteiger partial charge on any atom is -0.493 e. The molecule has 0 aliphatic rings. The Morgan fingerprint density at radius 1 is 1.17 bits per heavy atom. The first kappa shape index (κ1) is 22.4. The van der Waals surface area contributed by atoms with Gasteiger partial charge in [0.15, 0.2) is 17.3 Å². The van der Waals surface area contributed by atoms with Crippen molar-refractivity contribution >= 4 is 29.0 Å². The summed E-state index contributed by atoms with van der Waals surface area (Å²) >= 11 is 1.33. The number of carboxylic acid groups (broad SMARTS) is 1. The number of rotatable bonds is 12. The SMILES string of the molecule is CCCOc1ccc(C(CC(=O)O)NC(=O)CCC(=O)c2cccs2)cc1OC. The average molecular weight is 419 g/mol. The third kappa shape index (κ3) is 6.90. The number of carbonyl (C=O) groups is 3. The van der Waals surface area contributed by atoms with Gasteiger partial charge in [-0.15, -0.1) is 11.3 Å². The minimum atomic E-state index is -1.05. The van der Waals surface area contributed by atoms with Crippen LogP contribution in [0.4, 0.5) is 0 Å². The Labute approximate surface area is 173 Å². The van der Waals surface area contributed by atoms with Gasteiger partial charge in [-0.25, -0.2) is 0 Å². The van der Waals surface area contributed by atoms with Crippen LogP contribution in [0.3, 0.4) is 0 Å². The van der Waals surface area contributed by atoms with Gasteiger partial charge in [0.25, 0.3) is 0 Å². The molecule has 0 spiro atoms. The number of benzene rings is 1. The maximum atomic E-state index is 12.3. The highest BCUT2D eigenvalue weighted by Gasteiger charge is 2.21. The molecule has 1 heterocycles. The number of amides is 1. The number of ether oxygens (including phenoxy) is 2. The summed E-state index contributed by atoms with van der Waals surface area (Å²) in [5.41, 5.74) is 0.589. The fourth-order valence-corrected chi connectivity index (χ4v) is 3.41. The van der Waals surface area contributed by atoms with Crippen LogP contribution in [0, 0.1) is 0 Å². The van der Waals surface area contributed by atoms with Crippen molar-refractivity contribution in [1.29, 1.82) is 0 Å². The first-order valence-corrected chi connectivity index (χ1v) is 10.2. The maximum Gasteiger partial charge on any atom is 0.305 e. The molecule has 0 aliphatic carbocycles. The molecule has 1 unspecified atom stereocenters. The highest BCUT2D eigenvalue weighted by molar-refractivity contribution is 7.12. The van der Waals surface area contributed by atoms with E-state index in [2.05, 4.69) is 5.32 Å². The molecular weight excluding hydrogens is 394 g/mol. The normalized spacial score (nSPS) is 11.5. The third-order valence-electron chi connectivity index (χ3n) is 4.14. The number of ketones is 1. The minimum absolute atomic E-state index is 0.0122. The summed E-state index contributed by atoms with van der Waals surface area (Å²) in [4.78, 5) is 36.3. The second kappa shape index (κ2) is 11.2. The van der Waals surface area contributed by atoms with Crippen molar-refractivity contribution in [1.82, 2.24) is 5.32 Å². The van der Waals surface area contributed by atoms with Crippen molar-refractivity contribution in [3.63, 3.8) is 0 Å². The lowest BCUT2D eigenvalue weighted by Gasteiger charge is -2.19. The lowest BCUT2D eigenvalue weighted by molar-refractivity contribution is -0.137. The van der Waals surface area contributed by atoms with E-state index < -0.39 is 12.0 Å². The first-order valence-electron chi connectivity index (χ1n) is 9.33. The van der Waals surface area contributed by atoms with Crippen molar-refractivity contribution in [2.24, 2.45) is 0 Å². The van der Waals surface area contributed by atoms with E-state index in [9.17, 15) is 19.5 Å². The van der Waals surface area contributed by atoms with E-state index in [-0.39, 0.29) is 31.0 Å². The molecule has 1 amide bonds. The molecule has 2 rings (SSSR count). The van der Waals surface area contributed by atoms with E-state index in [4.69, 9.17) is 9.47 Å². The van der Waals surface area contributed by atoms with Crippen molar-refractivity contribution < 1.29 is 29.0 Å². The molecule has 0 saturated heterocycles. The predicted molar refractivity (Wildman–Crippen MR) is 110 cm³/mol. The number of Topliss-reactive ketones (excluding diaryl/α,β-unsaturated/α-hetero) is 1. The standard InChI is InChI=1S/C21H25NO6S/c1-3-10-28-17-8-6-14(12-18(17)27-2)15(13-21(25)26)22-20(24)9-7-16(23)19-5-4-11-29-19/h4-6,8,11-12,15H,3,7,9-10,13H2,1-2H3,(H,22,24)(H,25,26). The molecule has 1 aromatic carbocycles. The summed E-state index contributed by atoms with van der Waals surface area (Å²) in [6, 6.07) is 7.82. The van der Waals surface area contributed by atoms with Gasteiger partial charge in [0.05, 0.1) is 31.1 Å². The van der Waals surface area contributed by atoms with Gasteiger partial charge in [0, 0.05) is 12.8 Å². The Kier molecular flexibility index (Phi) is 8.67. The third-order valence-corrected chi connectivity index (χ3v) is 5.05. The van der Waals surface area contributed by atoms with E-state index >= 15 is 0 Å². The van der Waals surface area contributed by atoms with Crippen LogP contribution in [-0.4, -0.2) is 36.5 Å². The Bertz CT molecular complexity index is 834. The highest BCUT2D eigenvalue weighted by atomic mass is 32.1. The zero-order valence-corrected chi connectivity index (χ0v) is 17.3. The molecule has 0 aliphatic heterocycles. The zero-order chi connectivity index (χ0) is 21.2. The molecule has 2 N–H and O–H groups in total. The topological polar surface area (TPSA) is 102 Å². The second-order valence-corrected chi connectivity index (χ2v) is 7.32. The monoisotopic (exact) mass is 419 g/mol. The van der Waals surface area contributed by atoms with Crippen LogP contribution in [0.25, 0.3) is 0 Å². The molecule has 156 valence electrons. The summed E-state index contributed by atoms with van der Waals surface area (Å²) in [6.07, 6.45) is 0.608. The van der Waals surface area contributed by atoms with Gasteiger partial charge < -0.3 is 19.9 Å². The van der Waals surface area contributed by atoms with Gasteiger partial charge >= 0.3 is 5.97 Å². The van der Waals surface area contributed by atoms with Gasteiger partial charge in [-0.05, 0) is 35.6 Å². The lowest BCUT2D eigenvalue weighted by Crippen LogP contribution is -2.30. The second-order valence-electron chi connectivity index (χ2n) is 6.38. The van der Waals surface area contributed by atoms with E-state index in [0.717, 1.165) is 6.42 Å². The molecule has 1 aromatic heterocycles. The van der Waals surface area contributed by atoms with E-state index in [1.807, 2.05) is 6.92 Å². The van der Waals surface area contributed by atoms with E-state index in [1.165, 1.54) is 18.4 Å². The van der Waals surface area contributed by atoms with Crippen LogP contribution in [-0.2, 0) is 9.59 Å². The average Bonchev–Trinajstić information content (AvgIpc) is 3.24. The van der Waals surface area contributed by atoms with Crippen molar-refractivity contribution in [3.05, 3.63) is 46.2 Å². The summed E-state index contributed by atoms with van der Waals surface area (Å²) in [5, 5.41) is 13.8. The summed E-state index contributed by atoms with van der Waals surface area (Å²) in [7, 11) is 1.50. The smallest absolute Gasteiger partial charge is 0.305 e. The Morgan fingerprint density at radius 2 is 1.97 bits per heavy atom. The number of hydrogen-bond donors (Lipinski definition) is 2. The van der Waals surface area contributed by atoms with Crippen molar-refractivity contribution in [3.8, 4) is 11.5 Å². The number of hydrogen-bond acceptors (Lipinski definition) is 6. The Hall–Kier alpha value is -2.87. The molecule has 0 bridgehead atoms. The van der Waals surface area contributed by atoms with Crippen molar-refractivity contribution in [2.75, 3.05) is 13.7 Å². The molecule has 2 aromatic rings. The van der Waals surface area contributed by atoms with Gasteiger partial charge in [0.1, 0.15) is 0 Å². The van der Waals surface area contributed by atoms with Gasteiger partial charge in [-0.1, -0.05) is 19.1 Å². The first-order chi connectivity index (χ1) is 13.9. The van der Waals surface area contributed by atoms with Crippen molar-refractivity contribution in [2.45, 2.75) is 38.6 Å². The molecule has 0 radical (unpaired) electrons. The fourth-order valence-electron chi connectivity index (χ4n) is 2.71. The molecule has 0 saturated carbocycles. The van der Waals surface area contributed by atoms with Gasteiger partial charge in [-0.3, -0.25) is 14.4 Å². The van der Waals surface area contributed by atoms with Crippen LogP contribution in [0.2, 0.25) is 0 Å². The predicted octanol–water partition coefficient (Wildman–Crippen LogP) is 3.84. The number of carbonyl (C=O) groups excluding carboxylic acids is 2. The molecule has 8 heteroatoms. The maximum absolute atomic E-state index is 12.3. The quantitative estimate of drug-likeness (QED) is 0.507. The van der Waals surface area contributed by atoms with Crippen LogP contribution < -0.4 is 14.8 Å². The summed E-state index contributed by atoms with van der Waals surface area (Å²) in [5.74, 6) is -0.515. The number of aliphatic carboxylic acids is 1. The van der Waals surface area contributed by atoms with Gasteiger partial charge in [0.2, 0.25) is 5.91 Å². The summed E-state index contributed by atoms with van der Waals surface area (Å²) < 4.78 is 10.9. The lowest BCUT2D eigenvalue weighted by atomic mass is 10.0. The fraction of sp³-hybridized carbons (Fsp3) is 0.381. The Morgan fingerprint density at radius 3 is 2.59 bits per heavy atom. The van der Waals surface area contributed by atoms with Crippen LogP contribution >= 0.6 is 11.3 Å². The number of methoxy groups -OCH3 is 1. The molecule has 1 atom stereocenters. The number of carboxylic acids is 1. The van der Waals surface area contributed by atoms with Crippen LogP contribution in [0.5, 0.6) is 11.5 Å². The zero-order valence-electron chi connectivity index (χ0n) is 16.5. The largest absolute Gasteiger partial charge is 0.493 e. The number of nitrogens with one attached hydrogen (secondary N) is 1. The molecule has 7 nitrogen and oxygen atoms in total. The van der Waals surface area contributed by atoms with Crippen LogP contribution in [0.1, 0.15) is 53.9 Å². The van der Waals surface area contributed by atoms with Gasteiger partial charge in [-0.2, -0.15) is 0 Å². The Balaban J connectivity index is 2.07. The molecule has 29 heavy (non-hydrogen) atoms. The van der Waals surface area contributed by atoms with E-state index in [0.29, 0.717) is 28.5 Å². The highest BCUT2D eigenvalue weighted by Crippen LogP contribution is 2.31. The summed E-state index contributed by atoms with van der Waals surface area (Å²) in [6.45, 7) is 2.52. The number of thiophene rings is 1. The van der Waals surface area contributed by atoms with E-state index in [1.54, 1.807) is 35.7 Å².